The van der Waals surface area contributed by atoms with Crippen molar-refractivity contribution in [3.05, 3.63) is 48.1 Å². The van der Waals surface area contributed by atoms with E-state index in [0.29, 0.717) is 17.3 Å². The molecule has 4 unspecified atom stereocenters. The summed E-state index contributed by atoms with van der Waals surface area (Å²) in [4.78, 5) is 12.8. The second kappa shape index (κ2) is 19.0. The Morgan fingerprint density at radius 3 is 2.23 bits per heavy atom. The number of carbonyl (C=O) groups is 1. The summed E-state index contributed by atoms with van der Waals surface area (Å²) in [6.07, 6.45) is 41.7. The van der Waals surface area contributed by atoms with Crippen molar-refractivity contribution in [1.82, 2.24) is 0 Å². The van der Waals surface area contributed by atoms with E-state index in [9.17, 15) is 4.79 Å². The summed E-state index contributed by atoms with van der Waals surface area (Å²) in [6.45, 7) is 14.9. The number of ether oxygens (including phenoxy) is 1. The van der Waals surface area contributed by atoms with Gasteiger partial charge in [0.15, 0.2) is 0 Å². The molecule has 0 aromatic rings. The van der Waals surface area contributed by atoms with Gasteiger partial charge in [-0.25, -0.2) is 0 Å². The smallest absolute Gasteiger partial charge is 0.306 e. The molecule has 266 valence electrons. The third-order valence-electron chi connectivity index (χ3n) is 13.6. The molecule has 4 aliphatic rings. The average molecular weight is 647 g/mol. The van der Waals surface area contributed by atoms with Crippen LogP contribution >= 0.6 is 0 Å². The summed E-state index contributed by atoms with van der Waals surface area (Å²) < 4.78 is 6.10. The second-order valence-electron chi connectivity index (χ2n) is 17.3. The maximum Gasteiger partial charge on any atom is 0.306 e. The van der Waals surface area contributed by atoms with Crippen LogP contribution in [0.2, 0.25) is 0 Å². The van der Waals surface area contributed by atoms with Crippen LogP contribution in [0.25, 0.3) is 0 Å². The van der Waals surface area contributed by atoms with Crippen molar-refractivity contribution in [2.75, 3.05) is 0 Å². The molecule has 0 aliphatic heterocycles. The van der Waals surface area contributed by atoms with Gasteiger partial charge in [-0.2, -0.15) is 0 Å². The molecule has 0 bridgehead atoms. The molecule has 0 aromatic heterocycles. The lowest BCUT2D eigenvalue weighted by Gasteiger charge is -2.58. The molecule has 8 atom stereocenters. The first-order valence-corrected chi connectivity index (χ1v) is 20.5. The van der Waals surface area contributed by atoms with Gasteiger partial charge in [0.25, 0.3) is 0 Å². The zero-order chi connectivity index (χ0) is 33.7. The predicted molar refractivity (Wildman–Crippen MR) is 202 cm³/mol. The first kappa shape index (κ1) is 38.2. The molecule has 4 aliphatic carbocycles. The van der Waals surface area contributed by atoms with Crippen molar-refractivity contribution in [1.29, 1.82) is 0 Å². The number of hydrogen-bond acceptors (Lipinski definition) is 2. The van der Waals surface area contributed by atoms with Gasteiger partial charge >= 0.3 is 5.97 Å². The first-order valence-electron chi connectivity index (χ1n) is 20.5. The molecule has 0 saturated heterocycles. The highest BCUT2D eigenvalue weighted by Crippen LogP contribution is 2.67. The van der Waals surface area contributed by atoms with Crippen molar-refractivity contribution in [2.24, 2.45) is 46.3 Å². The van der Waals surface area contributed by atoms with E-state index >= 15 is 0 Å². The topological polar surface area (TPSA) is 26.3 Å². The van der Waals surface area contributed by atoms with E-state index in [2.05, 4.69) is 84.1 Å². The highest BCUT2D eigenvalue weighted by molar-refractivity contribution is 5.69. The van der Waals surface area contributed by atoms with Crippen molar-refractivity contribution >= 4 is 5.97 Å². The van der Waals surface area contributed by atoms with Gasteiger partial charge in [-0.3, -0.25) is 4.79 Å². The van der Waals surface area contributed by atoms with Gasteiger partial charge in [-0.15, -0.1) is 0 Å². The Labute approximate surface area is 291 Å². The Balaban J connectivity index is 1.15. The number of hydrogen-bond donors (Lipinski definition) is 0. The van der Waals surface area contributed by atoms with E-state index in [0.717, 1.165) is 80.5 Å². The molecule has 4 rings (SSSR count). The average Bonchev–Trinajstić information content (AvgIpc) is 3.40. The maximum absolute atomic E-state index is 12.8. The zero-order valence-electron chi connectivity index (χ0n) is 31.7. The second-order valence-corrected chi connectivity index (χ2v) is 17.3. The van der Waals surface area contributed by atoms with Crippen LogP contribution in [0.15, 0.2) is 48.1 Å². The van der Waals surface area contributed by atoms with Crippen LogP contribution in [0, 0.1) is 46.3 Å². The van der Waals surface area contributed by atoms with Crippen molar-refractivity contribution in [3.63, 3.8) is 0 Å². The first-order chi connectivity index (χ1) is 22.7. The summed E-state index contributed by atoms with van der Waals surface area (Å²) in [7, 11) is 0. The summed E-state index contributed by atoms with van der Waals surface area (Å²) in [6, 6.07) is 0. The van der Waals surface area contributed by atoms with Gasteiger partial charge in [-0.1, -0.05) is 122 Å². The Morgan fingerprint density at radius 2 is 1.53 bits per heavy atom. The van der Waals surface area contributed by atoms with E-state index in [-0.39, 0.29) is 12.1 Å². The summed E-state index contributed by atoms with van der Waals surface area (Å²) in [5.74, 6) is 5.25. The molecule has 0 spiro atoms. The number of esters is 1. The molecule has 0 N–H and O–H groups in total. The molecular formula is C45H74O2. The Morgan fingerprint density at radius 1 is 0.830 bits per heavy atom. The van der Waals surface area contributed by atoms with Crippen LogP contribution in [0.4, 0.5) is 0 Å². The molecule has 3 fully saturated rings. The van der Waals surface area contributed by atoms with Crippen LogP contribution in [0.3, 0.4) is 0 Å². The number of unbranched alkanes of at least 4 members (excludes halogenated alkanes) is 5. The normalized spacial score (nSPS) is 32.9. The number of fused-ring (bicyclic) bond motifs is 5. The quantitative estimate of drug-likeness (QED) is 0.0793. The third-order valence-corrected chi connectivity index (χ3v) is 13.6. The van der Waals surface area contributed by atoms with Crippen LogP contribution in [0.5, 0.6) is 0 Å². The minimum Gasteiger partial charge on any atom is -0.462 e. The summed E-state index contributed by atoms with van der Waals surface area (Å²) >= 11 is 0. The van der Waals surface area contributed by atoms with Gasteiger partial charge in [-0.05, 0) is 136 Å². The van der Waals surface area contributed by atoms with Crippen molar-refractivity contribution < 1.29 is 9.53 Å². The van der Waals surface area contributed by atoms with Crippen molar-refractivity contribution in [2.45, 2.75) is 182 Å². The Kier molecular flexibility index (Phi) is 15.4. The fourth-order valence-corrected chi connectivity index (χ4v) is 10.8. The highest BCUT2D eigenvalue weighted by atomic mass is 16.5. The molecule has 0 amide bonds. The van der Waals surface area contributed by atoms with Gasteiger partial charge in [0.05, 0.1) is 0 Å². The highest BCUT2D eigenvalue weighted by Gasteiger charge is 2.59. The van der Waals surface area contributed by atoms with E-state index in [1.165, 1.54) is 83.5 Å². The summed E-state index contributed by atoms with van der Waals surface area (Å²) in [5, 5.41) is 0. The predicted octanol–water partition coefficient (Wildman–Crippen LogP) is 13.5. The molecule has 47 heavy (non-hydrogen) atoms. The molecule has 0 aromatic carbocycles. The van der Waals surface area contributed by atoms with Crippen LogP contribution in [-0.4, -0.2) is 12.1 Å². The monoisotopic (exact) mass is 647 g/mol. The third kappa shape index (κ3) is 10.5. The zero-order valence-corrected chi connectivity index (χ0v) is 31.7. The summed E-state index contributed by atoms with van der Waals surface area (Å²) in [5.41, 5.74) is 2.50. The van der Waals surface area contributed by atoms with E-state index in [4.69, 9.17) is 4.74 Å². The lowest BCUT2D eigenvalue weighted by Crippen LogP contribution is -2.51. The van der Waals surface area contributed by atoms with Crippen molar-refractivity contribution in [3.8, 4) is 0 Å². The number of rotatable bonds is 19. The Bertz CT molecular complexity index is 1060. The molecular weight excluding hydrogens is 572 g/mol. The molecule has 0 heterocycles. The fourth-order valence-electron chi connectivity index (χ4n) is 10.8. The molecule has 0 radical (unpaired) electrons. The minimum atomic E-state index is 0.0236. The van der Waals surface area contributed by atoms with Gasteiger partial charge in [0.1, 0.15) is 6.10 Å². The van der Waals surface area contributed by atoms with Gasteiger partial charge in [0.2, 0.25) is 0 Å². The lowest BCUT2D eigenvalue weighted by atomic mass is 9.47. The lowest BCUT2D eigenvalue weighted by molar-refractivity contribution is -0.151. The molecule has 2 nitrogen and oxygen atoms in total. The van der Waals surface area contributed by atoms with Crippen LogP contribution < -0.4 is 0 Å². The van der Waals surface area contributed by atoms with Gasteiger partial charge < -0.3 is 4.74 Å². The Hall–Kier alpha value is -1.57. The van der Waals surface area contributed by atoms with Crippen LogP contribution in [0.1, 0.15) is 176 Å². The van der Waals surface area contributed by atoms with E-state index in [1.54, 1.807) is 5.57 Å². The SMILES string of the molecule is CCCCCC=CCC=CCC=CCCCCC(=O)OC1CC[C@@]2(C)C(=CCC3C2CC[C@@]2(C)C3CC[C@@H]2[C@H](C)CCCC(C)C)C1. The number of carbonyl (C=O) groups excluding carboxylic acids is 1. The molecule has 3 saturated carbocycles. The van der Waals surface area contributed by atoms with E-state index < -0.39 is 0 Å². The van der Waals surface area contributed by atoms with Crippen LogP contribution in [-0.2, 0) is 9.53 Å². The maximum atomic E-state index is 12.8. The molecule has 2 heteroatoms. The standard InChI is InChI=1S/C45H74O2/c1-7-8-9-10-11-12-13-14-15-16-17-18-19-20-21-25-43(46)47-38-30-32-44(5)37(34-38)26-27-39-41-29-28-40(36(4)24-22-23-35(2)3)45(41,6)33-31-42(39)44/h11-12,14-15,17-18,26,35-36,38-42H,7-10,13,16,19-25,27-34H2,1-6H3/t36-,38?,39?,40-,41?,42?,44+,45-/m1/s1. The van der Waals surface area contributed by atoms with E-state index in [1.807, 2.05) is 0 Å². The largest absolute Gasteiger partial charge is 0.462 e. The van der Waals surface area contributed by atoms with Gasteiger partial charge in [0, 0.05) is 12.8 Å². The fraction of sp³-hybridized carbons (Fsp3) is 0.800. The number of allylic oxidation sites excluding steroid dienone is 7. The minimum absolute atomic E-state index is 0.0236.